The summed E-state index contributed by atoms with van der Waals surface area (Å²) in [5.74, 6) is -0.115. The standard InChI is InChI=1S/C12H19N3O2/c1-8(2)12(3,7-13)15-11(17)9-5-4-6-10(16)14-9/h4-6,8H,7,13H2,1-3H3,(H,14,16)(H,15,17). The molecule has 1 rings (SSSR count). The second-order valence-corrected chi connectivity index (χ2v) is 4.66. The highest BCUT2D eigenvalue weighted by Gasteiger charge is 2.29. The van der Waals surface area contributed by atoms with E-state index in [2.05, 4.69) is 10.3 Å². The zero-order chi connectivity index (χ0) is 13.1. The van der Waals surface area contributed by atoms with Gasteiger partial charge in [-0.05, 0) is 18.9 Å². The summed E-state index contributed by atoms with van der Waals surface area (Å²) in [4.78, 5) is 25.5. The van der Waals surface area contributed by atoms with Crippen molar-refractivity contribution < 1.29 is 4.79 Å². The normalized spacial score (nSPS) is 14.4. The van der Waals surface area contributed by atoms with E-state index in [1.807, 2.05) is 20.8 Å². The van der Waals surface area contributed by atoms with E-state index in [9.17, 15) is 9.59 Å². The molecule has 1 unspecified atom stereocenters. The average molecular weight is 237 g/mol. The number of pyridine rings is 1. The first kappa shape index (κ1) is 13.4. The van der Waals surface area contributed by atoms with Gasteiger partial charge in [0.15, 0.2) is 0 Å². The molecule has 17 heavy (non-hydrogen) atoms. The van der Waals surface area contributed by atoms with Gasteiger partial charge in [-0.25, -0.2) is 0 Å². The number of H-pyrrole nitrogens is 1. The molecule has 94 valence electrons. The number of carbonyl (C=O) groups is 1. The van der Waals surface area contributed by atoms with E-state index in [0.29, 0.717) is 6.54 Å². The number of hydrogen-bond donors (Lipinski definition) is 3. The van der Waals surface area contributed by atoms with Gasteiger partial charge in [-0.1, -0.05) is 19.9 Å². The number of nitrogens with one attached hydrogen (secondary N) is 2. The van der Waals surface area contributed by atoms with Gasteiger partial charge >= 0.3 is 0 Å². The van der Waals surface area contributed by atoms with Gasteiger partial charge in [0.1, 0.15) is 5.69 Å². The molecule has 0 spiro atoms. The quantitative estimate of drug-likeness (QED) is 0.711. The van der Waals surface area contributed by atoms with Crippen LogP contribution in [0.5, 0.6) is 0 Å². The molecule has 5 heteroatoms. The third kappa shape index (κ3) is 3.17. The number of aromatic nitrogens is 1. The van der Waals surface area contributed by atoms with Crippen LogP contribution < -0.4 is 16.6 Å². The molecule has 0 bridgehead atoms. The minimum atomic E-state index is -0.482. The van der Waals surface area contributed by atoms with Crippen LogP contribution in [0.4, 0.5) is 0 Å². The number of hydrogen-bond acceptors (Lipinski definition) is 3. The van der Waals surface area contributed by atoms with Gasteiger partial charge in [-0.3, -0.25) is 9.59 Å². The first-order valence-corrected chi connectivity index (χ1v) is 5.61. The summed E-state index contributed by atoms with van der Waals surface area (Å²) in [6, 6.07) is 4.47. The van der Waals surface area contributed by atoms with E-state index < -0.39 is 5.54 Å². The molecule has 0 radical (unpaired) electrons. The van der Waals surface area contributed by atoms with Crippen LogP contribution in [-0.2, 0) is 0 Å². The second-order valence-electron chi connectivity index (χ2n) is 4.66. The van der Waals surface area contributed by atoms with Gasteiger partial charge in [0.2, 0.25) is 5.56 Å². The van der Waals surface area contributed by atoms with Crippen LogP contribution in [0.1, 0.15) is 31.3 Å². The highest BCUT2D eigenvalue weighted by molar-refractivity contribution is 5.92. The fraction of sp³-hybridized carbons (Fsp3) is 0.500. The third-order valence-corrected chi connectivity index (χ3v) is 3.11. The topological polar surface area (TPSA) is 88.0 Å². The summed E-state index contributed by atoms with van der Waals surface area (Å²) in [7, 11) is 0. The molecule has 0 saturated heterocycles. The average Bonchev–Trinajstić information content (AvgIpc) is 2.28. The molecule has 1 atom stereocenters. The van der Waals surface area contributed by atoms with Crippen molar-refractivity contribution in [2.24, 2.45) is 11.7 Å². The molecule has 0 aliphatic heterocycles. The van der Waals surface area contributed by atoms with Crippen molar-refractivity contribution in [3.8, 4) is 0 Å². The summed E-state index contributed by atoms with van der Waals surface area (Å²) < 4.78 is 0. The predicted molar refractivity (Wildman–Crippen MR) is 66.8 cm³/mol. The SMILES string of the molecule is CC(C)C(C)(CN)NC(=O)c1cccc(=O)[nH]1. The van der Waals surface area contributed by atoms with Gasteiger partial charge < -0.3 is 16.0 Å². The summed E-state index contributed by atoms with van der Waals surface area (Å²) in [6.07, 6.45) is 0. The zero-order valence-electron chi connectivity index (χ0n) is 10.4. The highest BCUT2D eigenvalue weighted by Crippen LogP contribution is 2.15. The molecule has 1 aromatic heterocycles. The van der Waals surface area contributed by atoms with Crippen LogP contribution in [0, 0.1) is 5.92 Å². The van der Waals surface area contributed by atoms with E-state index >= 15 is 0 Å². The number of carbonyl (C=O) groups excluding carboxylic acids is 1. The lowest BCUT2D eigenvalue weighted by molar-refractivity contribution is 0.0877. The zero-order valence-corrected chi connectivity index (χ0v) is 10.4. The largest absolute Gasteiger partial charge is 0.344 e. The van der Waals surface area contributed by atoms with Crippen molar-refractivity contribution in [2.75, 3.05) is 6.54 Å². The molecule has 1 amide bonds. The fourth-order valence-electron chi connectivity index (χ4n) is 1.34. The molecule has 0 aliphatic rings. The lowest BCUT2D eigenvalue weighted by Crippen LogP contribution is -2.55. The Hall–Kier alpha value is -1.62. The predicted octanol–water partition coefficient (Wildman–Crippen LogP) is 0.478. The summed E-state index contributed by atoms with van der Waals surface area (Å²) in [5, 5.41) is 2.85. The van der Waals surface area contributed by atoms with E-state index in [1.54, 1.807) is 12.1 Å². The van der Waals surface area contributed by atoms with Crippen LogP contribution in [0.25, 0.3) is 0 Å². The van der Waals surface area contributed by atoms with E-state index in [4.69, 9.17) is 5.73 Å². The second kappa shape index (κ2) is 5.14. The summed E-state index contributed by atoms with van der Waals surface area (Å²) >= 11 is 0. The maximum atomic E-state index is 11.9. The molecule has 0 aliphatic carbocycles. The Morgan fingerprint density at radius 1 is 1.53 bits per heavy atom. The Bertz CT molecular complexity index is 453. The Morgan fingerprint density at radius 3 is 2.65 bits per heavy atom. The number of aromatic amines is 1. The van der Waals surface area contributed by atoms with Crippen molar-refractivity contribution >= 4 is 5.91 Å². The van der Waals surface area contributed by atoms with Gasteiger partial charge in [-0.15, -0.1) is 0 Å². The molecule has 4 N–H and O–H groups in total. The molecular formula is C12H19N3O2. The Morgan fingerprint density at radius 2 is 2.18 bits per heavy atom. The molecule has 1 heterocycles. The first-order chi connectivity index (χ1) is 7.89. The lowest BCUT2D eigenvalue weighted by atomic mass is 9.88. The van der Waals surface area contributed by atoms with Crippen LogP contribution in [-0.4, -0.2) is 23.0 Å². The van der Waals surface area contributed by atoms with Gasteiger partial charge in [0.05, 0.1) is 5.54 Å². The van der Waals surface area contributed by atoms with Crippen LogP contribution in [0.2, 0.25) is 0 Å². The number of amides is 1. The van der Waals surface area contributed by atoms with Gasteiger partial charge in [0, 0.05) is 12.6 Å². The van der Waals surface area contributed by atoms with E-state index in [1.165, 1.54) is 6.07 Å². The van der Waals surface area contributed by atoms with Crippen LogP contribution >= 0.6 is 0 Å². The molecule has 0 saturated carbocycles. The minimum Gasteiger partial charge on any atom is -0.344 e. The molecule has 0 fully saturated rings. The molecule has 5 nitrogen and oxygen atoms in total. The van der Waals surface area contributed by atoms with Crippen LogP contribution in [0.3, 0.4) is 0 Å². The third-order valence-electron chi connectivity index (χ3n) is 3.11. The Labute approximate surface area is 100 Å². The maximum Gasteiger partial charge on any atom is 0.268 e. The van der Waals surface area contributed by atoms with E-state index in [-0.39, 0.29) is 23.1 Å². The van der Waals surface area contributed by atoms with Crippen molar-refractivity contribution in [3.05, 3.63) is 34.2 Å². The van der Waals surface area contributed by atoms with E-state index in [0.717, 1.165) is 0 Å². The minimum absolute atomic E-state index is 0.201. The smallest absolute Gasteiger partial charge is 0.268 e. The first-order valence-electron chi connectivity index (χ1n) is 5.61. The highest BCUT2D eigenvalue weighted by atomic mass is 16.2. The number of nitrogens with two attached hydrogens (primary N) is 1. The Balaban J connectivity index is 2.89. The molecule has 1 aromatic rings. The molecule has 0 aromatic carbocycles. The van der Waals surface area contributed by atoms with Gasteiger partial charge in [-0.2, -0.15) is 0 Å². The lowest BCUT2D eigenvalue weighted by Gasteiger charge is -2.33. The molecular weight excluding hydrogens is 218 g/mol. The monoisotopic (exact) mass is 237 g/mol. The maximum absolute atomic E-state index is 11.9. The van der Waals surface area contributed by atoms with Gasteiger partial charge in [0.25, 0.3) is 5.91 Å². The summed E-state index contributed by atoms with van der Waals surface area (Å²) in [5.41, 5.74) is 5.15. The Kier molecular flexibility index (Phi) is 4.07. The number of rotatable bonds is 4. The van der Waals surface area contributed by atoms with Crippen molar-refractivity contribution in [1.82, 2.24) is 10.3 Å². The van der Waals surface area contributed by atoms with Crippen molar-refractivity contribution in [1.29, 1.82) is 0 Å². The van der Waals surface area contributed by atoms with Crippen LogP contribution in [0.15, 0.2) is 23.0 Å². The van der Waals surface area contributed by atoms with Crippen molar-refractivity contribution in [2.45, 2.75) is 26.3 Å². The van der Waals surface area contributed by atoms with Crippen molar-refractivity contribution in [3.63, 3.8) is 0 Å². The fourth-order valence-corrected chi connectivity index (χ4v) is 1.34. The summed E-state index contributed by atoms with van der Waals surface area (Å²) in [6.45, 7) is 6.20.